The first-order chi connectivity index (χ1) is 18.9. The van der Waals surface area contributed by atoms with Crippen LogP contribution >= 0.6 is 11.6 Å². The SMILES string of the molecule is N[C@H](C(=O)Cc1cncc(F)c1CC[C@@H]1CNCC2(CCOCC2)O1)[C@@H](c1ccc(Cl)cc1)C1CCOCC1. The second-order valence-electron chi connectivity index (χ2n) is 11.2. The highest BCUT2D eigenvalue weighted by atomic mass is 35.5. The first kappa shape index (κ1) is 28.6. The molecule has 7 nitrogen and oxygen atoms in total. The van der Waals surface area contributed by atoms with Gasteiger partial charge in [0, 0.05) is 75.9 Å². The highest BCUT2D eigenvalue weighted by Crippen LogP contribution is 2.36. The number of benzene rings is 1. The average molecular weight is 560 g/mol. The Morgan fingerprint density at radius 3 is 2.59 bits per heavy atom. The Morgan fingerprint density at radius 2 is 1.85 bits per heavy atom. The van der Waals surface area contributed by atoms with Gasteiger partial charge in [-0.05, 0) is 60.4 Å². The van der Waals surface area contributed by atoms with Crippen LogP contribution in [0, 0.1) is 11.7 Å². The van der Waals surface area contributed by atoms with Gasteiger partial charge in [-0.2, -0.15) is 0 Å². The van der Waals surface area contributed by atoms with E-state index in [1.165, 1.54) is 6.20 Å². The number of Topliss-reactive ketones (excluding diaryl/α,β-unsaturated/α-hetero) is 1. The fourth-order valence-corrected chi connectivity index (χ4v) is 6.50. The number of halogens is 2. The summed E-state index contributed by atoms with van der Waals surface area (Å²) in [7, 11) is 0. The molecular weight excluding hydrogens is 521 g/mol. The molecule has 3 atom stereocenters. The maximum absolute atomic E-state index is 15.1. The van der Waals surface area contributed by atoms with Crippen molar-refractivity contribution < 1.29 is 23.4 Å². The topological polar surface area (TPSA) is 95.7 Å². The second kappa shape index (κ2) is 13.1. The summed E-state index contributed by atoms with van der Waals surface area (Å²) in [6.45, 7) is 4.24. The van der Waals surface area contributed by atoms with E-state index in [-0.39, 0.29) is 35.7 Å². The first-order valence-electron chi connectivity index (χ1n) is 14.1. The van der Waals surface area contributed by atoms with Gasteiger partial charge in [0.25, 0.3) is 0 Å². The van der Waals surface area contributed by atoms with Crippen molar-refractivity contribution in [3.63, 3.8) is 0 Å². The minimum atomic E-state index is -0.732. The summed E-state index contributed by atoms with van der Waals surface area (Å²) in [5.74, 6) is -0.456. The van der Waals surface area contributed by atoms with Crippen LogP contribution in [0.1, 0.15) is 54.7 Å². The van der Waals surface area contributed by atoms with Crippen LogP contribution in [0.3, 0.4) is 0 Å². The Balaban J connectivity index is 1.28. The molecule has 3 saturated heterocycles. The number of pyridine rings is 1. The number of ketones is 1. The quantitative estimate of drug-likeness (QED) is 0.479. The minimum absolute atomic E-state index is 0.0296. The molecule has 0 bridgehead atoms. The monoisotopic (exact) mass is 559 g/mol. The van der Waals surface area contributed by atoms with Gasteiger partial charge in [-0.25, -0.2) is 4.39 Å². The number of carbonyl (C=O) groups is 1. The molecule has 0 amide bonds. The number of nitrogens with zero attached hydrogens (tertiary/aromatic N) is 1. The summed E-state index contributed by atoms with van der Waals surface area (Å²) in [6, 6.07) is 6.84. The number of nitrogens with two attached hydrogens (primary N) is 1. The molecule has 2 aromatic rings. The predicted octanol–water partition coefficient (Wildman–Crippen LogP) is 3.99. The lowest BCUT2D eigenvalue weighted by Gasteiger charge is -2.44. The third-order valence-corrected chi connectivity index (χ3v) is 8.85. The molecule has 0 aliphatic carbocycles. The van der Waals surface area contributed by atoms with Gasteiger partial charge in [0.1, 0.15) is 5.82 Å². The standard InChI is InChI=1S/C30H39ClFN3O4/c31-23-3-1-20(2-4-23)28(21-7-11-37-12-8-21)29(33)27(36)15-22-16-34-18-26(32)25(22)6-5-24-17-35-19-30(39-24)9-13-38-14-10-30/h1-4,16,18,21,24,28-29,35H,5-15,17,19,33H2/t24-,28+,29-/m1/s1. The molecule has 39 heavy (non-hydrogen) atoms. The second-order valence-corrected chi connectivity index (χ2v) is 11.6. The van der Waals surface area contributed by atoms with E-state index in [1.54, 1.807) is 6.20 Å². The highest BCUT2D eigenvalue weighted by Gasteiger charge is 2.39. The summed E-state index contributed by atoms with van der Waals surface area (Å²) in [6.07, 6.45) is 7.35. The molecule has 0 radical (unpaired) electrons. The molecule has 1 spiro atoms. The number of hydrogen-bond donors (Lipinski definition) is 2. The Morgan fingerprint density at radius 1 is 1.13 bits per heavy atom. The van der Waals surface area contributed by atoms with E-state index >= 15 is 4.39 Å². The zero-order valence-electron chi connectivity index (χ0n) is 22.4. The molecule has 1 aromatic heterocycles. The summed E-state index contributed by atoms with van der Waals surface area (Å²) in [4.78, 5) is 17.7. The Kier molecular flexibility index (Phi) is 9.64. The van der Waals surface area contributed by atoms with Crippen LogP contribution in [0.5, 0.6) is 0 Å². The van der Waals surface area contributed by atoms with Crippen molar-refractivity contribution in [1.82, 2.24) is 10.3 Å². The normalized spacial score (nSPS) is 23.4. The van der Waals surface area contributed by atoms with Crippen LogP contribution < -0.4 is 11.1 Å². The van der Waals surface area contributed by atoms with Crippen LogP contribution in [0.15, 0.2) is 36.7 Å². The molecule has 3 aliphatic rings. The molecule has 4 heterocycles. The fraction of sp³-hybridized carbons (Fsp3) is 0.600. The smallest absolute Gasteiger partial charge is 0.154 e. The van der Waals surface area contributed by atoms with E-state index in [1.807, 2.05) is 24.3 Å². The lowest BCUT2D eigenvalue weighted by atomic mass is 9.75. The number of hydrogen-bond acceptors (Lipinski definition) is 7. The van der Waals surface area contributed by atoms with Crippen LogP contribution in [0.4, 0.5) is 4.39 Å². The number of ether oxygens (including phenoxy) is 3. The largest absolute Gasteiger partial charge is 0.381 e. The van der Waals surface area contributed by atoms with E-state index in [0.717, 1.165) is 44.3 Å². The maximum atomic E-state index is 15.1. The van der Waals surface area contributed by atoms with Crippen LogP contribution in [-0.2, 0) is 31.8 Å². The summed E-state index contributed by atoms with van der Waals surface area (Å²) in [5.41, 5.74) is 8.60. The molecule has 0 saturated carbocycles. The zero-order valence-corrected chi connectivity index (χ0v) is 23.1. The van der Waals surface area contributed by atoms with Crippen molar-refractivity contribution in [3.8, 4) is 0 Å². The van der Waals surface area contributed by atoms with Crippen LogP contribution in [0.25, 0.3) is 0 Å². The van der Waals surface area contributed by atoms with Gasteiger partial charge >= 0.3 is 0 Å². The Labute approximate surface area is 234 Å². The van der Waals surface area contributed by atoms with Gasteiger partial charge in [0.15, 0.2) is 5.78 Å². The Hall–Kier alpha value is -1.94. The van der Waals surface area contributed by atoms with Gasteiger partial charge in [0.05, 0.1) is 23.9 Å². The summed E-state index contributed by atoms with van der Waals surface area (Å²) >= 11 is 6.13. The first-order valence-corrected chi connectivity index (χ1v) is 14.5. The van der Waals surface area contributed by atoms with Gasteiger partial charge < -0.3 is 25.3 Å². The van der Waals surface area contributed by atoms with Crippen molar-refractivity contribution in [2.75, 3.05) is 39.5 Å². The lowest BCUT2D eigenvalue weighted by Crippen LogP contribution is -2.56. The summed E-state index contributed by atoms with van der Waals surface area (Å²) < 4.78 is 32.6. The van der Waals surface area contributed by atoms with E-state index in [4.69, 9.17) is 31.5 Å². The average Bonchev–Trinajstić information content (AvgIpc) is 2.95. The Bertz CT molecular complexity index is 1100. The molecule has 3 N–H and O–H groups in total. The van der Waals surface area contributed by atoms with Gasteiger partial charge in [0.2, 0.25) is 0 Å². The lowest BCUT2D eigenvalue weighted by molar-refractivity contribution is -0.160. The molecule has 3 fully saturated rings. The van der Waals surface area contributed by atoms with Crippen molar-refractivity contribution in [2.45, 2.75) is 68.6 Å². The molecule has 5 rings (SSSR count). The third kappa shape index (κ3) is 7.04. The number of morpholine rings is 1. The van der Waals surface area contributed by atoms with Crippen molar-refractivity contribution >= 4 is 17.4 Å². The third-order valence-electron chi connectivity index (χ3n) is 8.60. The van der Waals surface area contributed by atoms with E-state index in [0.29, 0.717) is 55.4 Å². The van der Waals surface area contributed by atoms with Crippen molar-refractivity contribution in [3.05, 3.63) is 64.2 Å². The molecule has 212 valence electrons. The van der Waals surface area contributed by atoms with Crippen molar-refractivity contribution in [2.24, 2.45) is 11.7 Å². The van der Waals surface area contributed by atoms with Gasteiger partial charge in [-0.15, -0.1) is 0 Å². The number of nitrogens with one attached hydrogen (secondary N) is 1. The van der Waals surface area contributed by atoms with Gasteiger partial charge in [-0.1, -0.05) is 23.7 Å². The number of carbonyl (C=O) groups excluding carboxylic acids is 1. The fourth-order valence-electron chi connectivity index (χ4n) is 6.37. The van der Waals surface area contributed by atoms with E-state index in [9.17, 15) is 4.79 Å². The van der Waals surface area contributed by atoms with Gasteiger partial charge in [-0.3, -0.25) is 9.78 Å². The van der Waals surface area contributed by atoms with E-state index in [2.05, 4.69) is 10.3 Å². The highest BCUT2D eigenvalue weighted by molar-refractivity contribution is 6.30. The number of aromatic nitrogens is 1. The maximum Gasteiger partial charge on any atom is 0.154 e. The molecular formula is C30H39ClFN3O4. The molecule has 3 aliphatic heterocycles. The molecule has 1 aromatic carbocycles. The molecule has 0 unspecified atom stereocenters. The van der Waals surface area contributed by atoms with E-state index < -0.39 is 11.9 Å². The van der Waals surface area contributed by atoms with Crippen LogP contribution in [0.2, 0.25) is 5.02 Å². The molecule has 9 heteroatoms. The zero-order chi connectivity index (χ0) is 27.2. The van der Waals surface area contributed by atoms with Crippen molar-refractivity contribution in [1.29, 1.82) is 0 Å². The number of rotatable bonds is 9. The predicted molar refractivity (Wildman–Crippen MR) is 147 cm³/mol. The van der Waals surface area contributed by atoms with Crippen LogP contribution in [-0.4, -0.2) is 68.0 Å². The minimum Gasteiger partial charge on any atom is -0.381 e. The summed E-state index contributed by atoms with van der Waals surface area (Å²) in [5, 5.41) is 4.13.